The second-order valence-corrected chi connectivity index (χ2v) is 12.2. The second-order valence-electron chi connectivity index (χ2n) is 12.2. The predicted molar refractivity (Wildman–Crippen MR) is 154 cm³/mol. The molecule has 3 aromatic heterocycles. The summed E-state index contributed by atoms with van der Waals surface area (Å²) < 4.78 is 16.9. The number of hydrogen-bond acceptors (Lipinski definition) is 7. The first-order valence-electron chi connectivity index (χ1n) is 15.2. The maximum Gasteiger partial charge on any atom is 0.229 e. The van der Waals surface area contributed by atoms with Gasteiger partial charge in [-0.3, -0.25) is 4.68 Å². The zero-order valence-corrected chi connectivity index (χ0v) is 23.6. The minimum absolute atomic E-state index is 0.289. The van der Waals surface area contributed by atoms with Crippen molar-refractivity contribution in [3.63, 3.8) is 0 Å². The number of nitrogens with one attached hydrogen (secondary N) is 1. The molecule has 1 atom stereocenters. The summed E-state index contributed by atoms with van der Waals surface area (Å²) in [6.45, 7) is 6.86. The summed E-state index contributed by atoms with van der Waals surface area (Å²) in [7, 11) is 0. The van der Waals surface area contributed by atoms with Crippen molar-refractivity contribution >= 4 is 11.8 Å². The number of likely N-dealkylation sites (tertiary alicyclic amines) is 1. The Morgan fingerprint density at radius 2 is 1.73 bits per heavy atom. The number of aliphatic hydroxyl groups excluding tert-OH is 1. The highest BCUT2D eigenvalue weighted by atomic mass is 19.1. The molecule has 1 saturated heterocycles. The Labute approximate surface area is 236 Å². The summed E-state index contributed by atoms with van der Waals surface area (Å²) in [4.78, 5) is 16.0. The van der Waals surface area contributed by atoms with Gasteiger partial charge in [0.1, 0.15) is 11.5 Å². The van der Waals surface area contributed by atoms with Crippen molar-refractivity contribution in [3.05, 3.63) is 47.8 Å². The van der Waals surface area contributed by atoms with Gasteiger partial charge in [0.25, 0.3) is 0 Å². The van der Waals surface area contributed by atoms with Crippen molar-refractivity contribution < 1.29 is 9.50 Å². The van der Waals surface area contributed by atoms with E-state index in [1.54, 1.807) is 6.20 Å². The largest absolute Gasteiger partial charge is 0.396 e. The molecule has 6 rings (SSSR count). The first kappa shape index (κ1) is 27.3. The number of pyridine rings is 1. The fourth-order valence-electron chi connectivity index (χ4n) is 6.99. The maximum atomic E-state index is 14.9. The average molecular weight is 548 g/mol. The minimum Gasteiger partial charge on any atom is -0.396 e. The normalized spacial score (nSPS) is 24.4. The number of rotatable bonds is 7. The summed E-state index contributed by atoms with van der Waals surface area (Å²) in [5, 5.41) is 17.1. The molecule has 2 fully saturated rings. The molecule has 3 aliphatic rings. The molecule has 0 radical (unpaired) electrons. The van der Waals surface area contributed by atoms with Crippen LogP contribution in [0.25, 0.3) is 11.3 Å². The highest BCUT2D eigenvalue weighted by Crippen LogP contribution is 2.35. The zero-order chi connectivity index (χ0) is 27.5. The Bertz CT molecular complexity index is 1260. The monoisotopic (exact) mass is 547 g/mol. The van der Waals surface area contributed by atoms with Crippen LogP contribution in [0.3, 0.4) is 0 Å². The van der Waals surface area contributed by atoms with E-state index in [2.05, 4.69) is 43.3 Å². The van der Waals surface area contributed by atoms with Crippen LogP contribution in [0.4, 0.5) is 16.2 Å². The van der Waals surface area contributed by atoms with E-state index in [1.165, 1.54) is 44.0 Å². The molecule has 2 N–H and O–H groups in total. The van der Waals surface area contributed by atoms with Crippen LogP contribution in [0.1, 0.15) is 87.8 Å². The first-order chi connectivity index (χ1) is 19.6. The van der Waals surface area contributed by atoms with Crippen LogP contribution in [0.5, 0.6) is 0 Å². The number of piperidine rings is 1. The van der Waals surface area contributed by atoms with Crippen LogP contribution < -0.4 is 5.32 Å². The molecular weight excluding hydrogens is 505 g/mol. The van der Waals surface area contributed by atoms with Crippen molar-refractivity contribution in [2.24, 2.45) is 11.8 Å². The van der Waals surface area contributed by atoms with Gasteiger partial charge >= 0.3 is 0 Å². The fraction of sp³-hybridized carbons (Fsp3) is 0.613. The molecule has 1 saturated carbocycles. The second kappa shape index (κ2) is 12.3. The van der Waals surface area contributed by atoms with Crippen LogP contribution in [0, 0.1) is 17.7 Å². The Hall–Kier alpha value is -2.91. The molecule has 0 amide bonds. The lowest BCUT2D eigenvalue weighted by Crippen LogP contribution is -2.37. The van der Waals surface area contributed by atoms with Crippen LogP contribution >= 0.6 is 0 Å². The van der Waals surface area contributed by atoms with Gasteiger partial charge in [-0.15, -0.1) is 0 Å². The van der Waals surface area contributed by atoms with E-state index >= 15 is 0 Å². The SMILES string of the molecule is C[C@H]1CCCCn2ncc(-c3nc(Nc4ccc(C5CCN(CC6CCC(CO)CC6)CC5)cn4)ncc3F)c21. The lowest BCUT2D eigenvalue weighted by molar-refractivity contribution is 0.127. The van der Waals surface area contributed by atoms with E-state index in [-0.39, 0.29) is 5.69 Å². The summed E-state index contributed by atoms with van der Waals surface area (Å²) in [6.07, 6.45) is 15.4. The topological polar surface area (TPSA) is 92.0 Å². The number of aromatic nitrogens is 5. The highest BCUT2D eigenvalue weighted by molar-refractivity contribution is 5.64. The van der Waals surface area contributed by atoms with Gasteiger partial charge in [0.05, 0.1) is 18.1 Å². The van der Waals surface area contributed by atoms with Crippen LogP contribution in [0.2, 0.25) is 0 Å². The third kappa shape index (κ3) is 6.05. The number of halogens is 1. The van der Waals surface area contributed by atoms with E-state index < -0.39 is 5.82 Å². The molecule has 2 aliphatic heterocycles. The van der Waals surface area contributed by atoms with Crippen molar-refractivity contribution in [2.45, 2.75) is 83.1 Å². The quantitative estimate of drug-likeness (QED) is 0.381. The third-order valence-electron chi connectivity index (χ3n) is 9.43. The Balaban J connectivity index is 1.06. The lowest BCUT2D eigenvalue weighted by atomic mass is 9.81. The molecule has 3 aromatic rings. The van der Waals surface area contributed by atoms with Crippen molar-refractivity contribution in [2.75, 3.05) is 31.6 Å². The Morgan fingerprint density at radius 3 is 2.48 bits per heavy atom. The van der Waals surface area contributed by atoms with E-state index in [4.69, 9.17) is 0 Å². The van der Waals surface area contributed by atoms with Gasteiger partial charge in [0, 0.05) is 31.5 Å². The van der Waals surface area contributed by atoms with Gasteiger partial charge in [-0.25, -0.2) is 19.3 Å². The smallest absolute Gasteiger partial charge is 0.229 e. The van der Waals surface area contributed by atoms with E-state index in [1.807, 2.05) is 16.9 Å². The Morgan fingerprint density at radius 1 is 0.925 bits per heavy atom. The number of anilines is 2. The molecule has 0 bridgehead atoms. The highest BCUT2D eigenvalue weighted by Gasteiger charge is 2.27. The molecular formula is C31H42FN7O. The molecule has 0 aromatic carbocycles. The van der Waals surface area contributed by atoms with Crippen molar-refractivity contribution in [3.8, 4) is 11.3 Å². The van der Waals surface area contributed by atoms with Crippen LogP contribution in [-0.2, 0) is 6.54 Å². The molecule has 40 heavy (non-hydrogen) atoms. The number of nitrogens with zero attached hydrogens (tertiary/aromatic N) is 6. The molecule has 0 unspecified atom stereocenters. The fourth-order valence-corrected chi connectivity index (χ4v) is 6.99. The van der Waals surface area contributed by atoms with Gasteiger partial charge in [-0.1, -0.05) is 19.4 Å². The van der Waals surface area contributed by atoms with Crippen LogP contribution in [-0.4, -0.2) is 61.0 Å². The van der Waals surface area contributed by atoms with Crippen LogP contribution in [0.15, 0.2) is 30.7 Å². The third-order valence-corrected chi connectivity index (χ3v) is 9.43. The predicted octanol–water partition coefficient (Wildman–Crippen LogP) is 5.88. The lowest BCUT2D eigenvalue weighted by Gasteiger charge is -2.36. The molecule has 214 valence electrons. The van der Waals surface area contributed by atoms with Gasteiger partial charge in [-0.05, 0) is 99.8 Å². The minimum atomic E-state index is -0.440. The number of fused-ring (bicyclic) bond motifs is 1. The van der Waals surface area contributed by atoms with Crippen molar-refractivity contribution in [1.82, 2.24) is 29.6 Å². The number of hydrogen-bond donors (Lipinski definition) is 2. The standard InChI is InChI=1S/C31H42FN7O/c1-21-4-2-3-13-39-30(21)26(17-35-39)29-27(32)18-34-31(37-29)36-28-10-9-25(16-33-28)24-11-14-38(15-12-24)19-22-5-7-23(20-40)8-6-22/h9-10,16-18,21-24,40H,2-8,11-15,19-20H2,1H3,(H,33,34,36,37)/t21-,22?,23?/m0/s1. The van der Waals surface area contributed by atoms with E-state index in [9.17, 15) is 9.50 Å². The molecule has 1 aliphatic carbocycles. The number of aryl methyl sites for hydroxylation is 1. The summed E-state index contributed by atoms with van der Waals surface area (Å²) in [5.74, 6) is 2.69. The molecule has 5 heterocycles. The van der Waals surface area contributed by atoms with Gasteiger partial charge < -0.3 is 15.3 Å². The van der Waals surface area contributed by atoms with E-state index in [0.29, 0.717) is 36.1 Å². The maximum absolute atomic E-state index is 14.9. The average Bonchev–Trinajstić information content (AvgIpc) is 3.32. The van der Waals surface area contributed by atoms with E-state index in [0.717, 1.165) is 68.9 Å². The summed E-state index contributed by atoms with van der Waals surface area (Å²) in [6, 6.07) is 4.12. The van der Waals surface area contributed by atoms with Gasteiger partial charge in [0.15, 0.2) is 5.82 Å². The van der Waals surface area contributed by atoms with Gasteiger partial charge in [-0.2, -0.15) is 5.10 Å². The molecule has 0 spiro atoms. The first-order valence-corrected chi connectivity index (χ1v) is 15.2. The zero-order valence-electron chi connectivity index (χ0n) is 23.6. The summed E-state index contributed by atoms with van der Waals surface area (Å²) in [5.41, 5.74) is 3.37. The molecule has 8 nitrogen and oxygen atoms in total. The molecule has 9 heteroatoms. The Kier molecular flexibility index (Phi) is 8.39. The summed E-state index contributed by atoms with van der Waals surface area (Å²) >= 11 is 0. The van der Waals surface area contributed by atoms with Gasteiger partial charge in [0.2, 0.25) is 5.95 Å². The van der Waals surface area contributed by atoms with Crippen molar-refractivity contribution in [1.29, 1.82) is 0 Å². The number of aliphatic hydroxyl groups is 1.